The molecule has 0 N–H and O–H groups in total. The van der Waals surface area contributed by atoms with E-state index in [2.05, 4.69) is 0 Å². The number of carboxylic acids is 1. The lowest BCUT2D eigenvalue weighted by Gasteiger charge is -2.13. The molecule has 0 saturated heterocycles. The molecule has 2 aromatic carbocycles. The molecule has 0 aromatic heterocycles. The van der Waals surface area contributed by atoms with Gasteiger partial charge in [-0.2, -0.15) is 0 Å². The van der Waals surface area contributed by atoms with Crippen LogP contribution in [0.2, 0.25) is 5.02 Å². The van der Waals surface area contributed by atoms with Gasteiger partial charge < -0.3 is 19.4 Å². The lowest BCUT2D eigenvalue weighted by atomic mass is 10.2. The van der Waals surface area contributed by atoms with E-state index in [1.54, 1.807) is 24.3 Å². The Morgan fingerprint density at radius 3 is 2.61 bits per heavy atom. The third-order valence-electron chi connectivity index (χ3n) is 2.96. The second-order valence-corrected chi connectivity index (χ2v) is 5.01. The zero-order valence-corrected chi connectivity index (χ0v) is 13.0. The van der Waals surface area contributed by atoms with Crippen molar-refractivity contribution >= 4 is 23.6 Å². The number of carbonyl (C=O) groups is 1. The van der Waals surface area contributed by atoms with Crippen LogP contribution in [0.25, 0.3) is 6.08 Å². The van der Waals surface area contributed by atoms with Crippen LogP contribution in [-0.2, 0) is 11.4 Å². The van der Waals surface area contributed by atoms with Crippen molar-refractivity contribution in [2.75, 3.05) is 7.11 Å². The van der Waals surface area contributed by atoms with Gasteiger partial charge in [0.2, 0.25) is 0 Å². The molecule has 0 aliphatic carbocycles. The largest absolute Gasteiger partial charge is 0.545 e. The van der Waals surface area contributed by atoms with Gasteiger partial charge in [0.1, 0.15) is 12.4 Å². The zero-order chi connectivity index (χ0) is 16.8. The molecule has 0 fully saturated rings. The Balaban J connectivity index is 2.20. The Bertz CT molecular complexity index is 726. The molecule has 2 aromatic rings. The molecule has 0 aliphatic rings. The van der Waals surface area contributed by atoms with Crippen molar-refractivity contribution in [3.8, 4) is 11.5 Å². The quantitative estimate of drug-likeness (QED) is 0.762. The molecule has 120 valence electrons. The minimum absolute atomic E-state index is 0.185. The van der Waals surface area contributed by atoms with Crippen LogP contribution in [0.15, 0.2) is 42.5 Å². The van der Waals surface area contributed by atoms with E-state index in [0.717, 1.165) is 11.6 Å². The SMILES string of the molecule is COc1cc(/C=C\C(=O)[O-])cc(Cl)c1OCc1ccc(F)cc1. The van der Waals surface area contributed by atoms with E-state index in [0.29, 0.717) is 17.1 Å². The summed E-state index contributed by atoms with van der Waals surface area (Å²) in [5.41, 5.74) is 1.30. The van der Waals surface area contributed by atoms with Crippen molar-refractivity contribution < 1.29 is 23.8 Å². The lowest BCUT2D eigenvalue weighted by Crippen LogP contribution is -2.18. The second kappa shape index (κ2) is 7.65. The molecule has 2 rings (SSSR count). The third-order valence-corrected chi connectivity index (χ3v) is 3.24. The molecule has 0 amide bonds. The van der Waals surface area contributed by atoms with Crippen LogP contribution in [0.4, 0.5) is 4.39 Å². The van der Waals surface area contributed by atoms with E-state index in [4.69, 9.17) is 21.1 Å². The Morgan fingerprint density at radius 2 is 2.00 bits per heavy atom. The van der Waals surface area contributed by atoms with Crippen molar-refractivity contribution in [1.82, 2.24) is 0 Å². The first kappa shape index (κ1) is 16.8. The number of carboxylic acid groups (broad SMARTS) is 1. The molecule has 0 bridgehead atoms. The van der Waals surface area contributed by atoms with E-state index in [1.807, 2.05) is 0 Å². The fourth-order valence-corrected chi connectivity index (χ4v) is 2.15. The Morgan fingerprint density at radius 1 is 1.30 bits per heavy atom. The summed E-state index contributed by atoms with van der Waals surface area (Å²) in [4.78, 5) is 10.4. The molecule has 0 saturated carbocycles. The standard InChI is InChI=1S/C17H14ClFO4/c1-22-15-9-12(4-7-16(20)21)8-14(18)17(15)23-10-11-2-5-13(19)6-3-11/h2-9H,10H2,1H3,(H,20,21)/p-1/b7-4-. The van der Waals surface area contributed by atoms with Crippen molar-refractivity contribution in [1.29, 1.82) is 0 Å². The Labute approximate surface area is 137 Å². The van der Waals surface area contributed by atoms with Crippen LogP contribution in [0.5, 0.6) is 11.5 Å². The summed E-state index contributed by atoms with van der Waals surface area (Å²) in [6, 6.07) is 9.02. The third kappa shape index (κ3) is 4.72. The van der Waals surface area contributed by atoms with Gasteiger partial charge >= 0.3 is 0 Å². The number of methoxy groups -OCH3 is 1. The number of aliphatic carboxylic acids is 1. The molecule has 0 aliphatic heterocycles. The monoisotopic (exact) mass is 335 g/mol. The lowest BCUT2D eigenvalue weighted by molar-refractivity contribution is -0.297. The first-order valence-corrected chi connectivity index (χ1v) is 7.01. The van der Waals surface area contributed by atoms with Crippen LogP contribution >= 0.6 is 11.6 Å². The van der Waals surface area contributed by atoms with Gasteiger partial charge in [-0.05, 0) is 41.5 Å². The fraction of sp³-hybridized carbons (Fsp3) is 0.118. The minimum atomic E-state index is -1.31. The molecular weight excluding hydrogens is 323 g/mol. The maximum Gasteiger partial charge on any atom is 0.180 e. The van der Waals surface area contributed by atoms with Crippen molar-refractivity contribution in [2.24, 2.45) is 0 Å². The second-order valence-electron chi connectivity index (χ2n) is 4.60. The summed E-state index contributed by atoms with van der Waals surface area (Å²) in [6.07, 6.45) is 2.23. The van der Waals surface area contributed by atoms with Crippen LogP contribution < -0.4 is 14.6 Å². The summed E-state index contributed by atoms with van der Waals surface area (Å²) in [7, 11) is 1.45. The zero-order valence-electron chi connectivity index (χ0n) is 12.2. The van der Waals surface area contributed by atoms with Gasteiger partial charge in [-0.1, -0.05) is 29.8 Å². The maximum atomic E-state index is 12.9. The topological polar surface area (TPSA) is 58.6 Å². The Hall–Kier alpha value is -2.53. The number of rotatable bonds is 6. The molecular formula is C17H13ClFO4-. The molecule has 4 nitrogen and oxygen atoms in total. The average Bonchev–Trinajstić information content (AvgIpc) is 2.53. The number of benzene rings is 2. The van der Waals surface area contributed by atoms with Gasteiger partial charge in [-0.25, -0.2) is 4.39 Å². The normalized spacial score (nSPS) is 10.7. The summed E-state index contributed by atoms with van der Waals surface area (Å²) in [5.74, 6) is -0.952. The minimum Gasteiger partial charge on any atom is -0.545 e. The van der Waals surface area contributed by atoms with Gasteiger partial charge in [-0.15, -0.1) is 0 Å². The van der Waals surface area contributed by atoms with E-state index in [-0.39, 0.29) is 17.4 Å². The predicted octanol–water partition coefficient (Wildman–Crippen LogP) is 2.83. The van der Waals surface area contributed by atoms with Gasteiger partial charge in [0.15, 0.2) is 11.5 Å². The Kier molecular flexibility index (Phi) is 5.60. The first-order chi connectivity index (χ1) is 11.0. The van der Waals surface area contributed by atoms with Crippen LogP contribution in [0.3, 0.4) is 0 Å². The fourth-order valence-electron chi connectivity index (χ4n) is 1.88. The van der Waals surface area contributed by atoms with Crippen molar-refractivity contribution in [2.45, 2.75) is 6.61 Å². The number of carbonyl (C=O) groups excluding carboxylic acids is 1. The highest BCUT2D eigenvalue weighted by molar-refractivity contribution is 6.32. The average molecular weight is 336 g/mol. The summed E-state index contributed by atoms with van der Waals surface area (Å²) < 4.78 is 23.7. The number of halogens is 2. The molecule has 0 unspecified atom stereocenters. The predicted molar refractivity (Wildman–Crippen MR) is 82.8 cm³/mol. The smallest absolute Gasteiger partial charge is 0.180 e. The molecule has 0 atom stereocenters. The van der Waals surface area contributed by atoms with Gasteiger partial charge in [0.05, 0.1) is 18.1 Å². The molecule has 0 heterocycles. The van der Waals surface area contributed by atoms with Gasteiger partial charge in [0, 0.05) is 0 Å². The molecule has 0 spiro atoms. The van der Waals surface area contributed by atoms with E-state index in [1.165, 1.54) is 25.3 Å². The van der Waals surface area contributed by atoms with Gasteiger partial charge in [-0.3, -0.25) is 0 Å². The highest BCUT2D eigenvalue weighted by atomic mass is 35.5. The first-order valence-electron chi connectivity index (χ1n) is 6.63. The van der Waals surface area contributed by atoms with Crippen LogP contribution in [0.1, 0.15) is 11.1 Å². The number of hydrogen-bond donors (Lipinski definition) is 0. The molecule has 0 radical (unpaired) electrons. The highest BCUT2D eigenvalue weighted by Crippen LogP contribution is 2.37. The highest BCUT2D eigenvalue weighted by Gasteiger charge is 2.11. The number of ether oxygens (including phenoxy) is 2. The van der Waals surface area contributed by atoms with E-state index in [9.17, 15) is 14.3 Å². The van der Waals surface area contributed by atoms with Crippen LogP contribution in [0, 0.1) is 5.82 Å². The summed E-state index contributed by atoms with van der Waals surface area (Å²) in [6.45, 7) is 0.185. The van der Waals surface area contributed by atoms with Crippen molar-refractivity contribution in [3.05, 3.63) is 64.4 Å². The summed E-state index contributed by atoms with van der Waals surface area (Å²) >= 11 is 6.16. The van der Waals surface area contributed by atoms with E-state index < -0.39 is 5.97 Å². The van der Waals surface area contributed by atoms with Crippen LogP contribution in [-0.4, -0.2) is 13.1 Å². The molecule has 6 heteroatoms. The van der Waals surface area contributed by atoms with Gasteiger partial charge in [0.25, 0.3) is 0 Å². The number of hydrogen-bond acceptors (Lipinski definition) is 4. The maximum absolute atomic E-state index is 12.9. The summed E-state index contributed by atoms with van der Waals surface area (Å²) in [5, 5.41) is 10.7. The van der Waals surface area contributed by atoms with E-state index >= 15 is 0 Å². The molecule has 23 heavy (non-hydrogen) atoms. The van der Waals surface area contributed by atoms with Crippen molar-refractivity contribution in [3.63, 3.8) is 0 Å².